The van der Waals surface area contributed by atoms with Crippen LogP contribution in [-0.2, 0) is 19.1 Å². The van der Waals surface area contributed by atoms with Crippen LogP contribution in [0.2, 0.25) is 0 Å². The van der Waals surface area contributed by atoms with Gasteiger partial charge in [-0.2, -0.15) is 0 Å². The highest BCUT2D eigenvalue weighted by atomic mass is 16.5. The van der Waals surface area contributed by atoms with E-state index in [1.165, 1.54) is 7.11 Å². The third kappa shape index (κ3) is 3.94. The minimum absolute atomic E-state index is 0.0962. The van der Waals surface area contributed by atoms with Crippen LogP contribution in [-0.4, -0.2) is 38.1 Å². The summed E-state index contributed by atoms with van der Waals surface area (Å²) in [6.07, 6.45) is 1.46. The van der Waals surface area contributed by atoms with E-state index in [0.29, 0.717) is 12.8 Å². The molecule has 0 aromatic heterocycles. The molecule has 0 N–H and O–H groups in total. The molecule has 1 rings (SSSR count). The molecule has 0 aliphatic heterocycles. The average molecular weight is 269 g/mol. The lowest BCUT2D eigenvalue weighted by Crippen LogP contribution is -2.42. The SMILES string of the molecule is CCOC(=O)C1CCC[C@H]([C@H](CN=[N+]=[N-])OC)C1=O. The molecule has 1 saturated carbocycles. The number of carbonyl (C=O) groups excluding carboxylic acids is 2. The van der Waals surface area contributed by atoms with Crippen molar-refractivity contribution in [2.24, 2.45) is 17.0 Å². The maximum absolute atomic E-state index is 12.3. The fourth-order valence-electron chi connectivity index (χ4n) is 2.41. The van der Waals surface area contributed by atoms with Gasteiger partial charge in [-0.05, 0) is 25.3 Å². The van der Waals surface area contributed by atoms with E-state index in [9.17, 15) is 9.59 Å². The van der Waals surface area contributed by atoms with E-state index in [1.54, 1.807) is 6.92 Å². The Balaban J connectivity index is 2.75. The number of ketones is 1. The summed E-state index contributed by atoms with van der Waals surface area (Å²) in [5.41, 5.74) is 8.33. The topological polar surface area (TPSA) is 101 Å². The Morgan fingerprint density at radius 2 is 2.32 bits per heavy atom. The van der Waals surface area contributed by atoms with Gasteiger partial charge in [-0.3, -0.25) is 9.59 Å². The fourth-order valence-corrected chi connectivity index (χ4v) is 2.41. The first-order valence-electron chi connectivity index (χ1n) is 6.39. The van der Waals surface area contributed by atoms with E-state index < -0.39 is 23.9 Å². The van der Waals surface area contributed by atoms with Crippen LogP contribution in [0.5, 0.6) is 0 Å². The zero-order chi connectivity index (χ0) is 14.3. The third-order valence-corrected chi connectivity index (χ3v) is 3.36. The molecule has 0 spiro atoms. The standard InChI is InChI=1S/C12H19N3O4/c1-3-19-12(17)9-6-4-5-8(11(9)16)10(18-2)7-14-15-13/h8-10H,3-7H2,1-2H3/t8-,9?,10+/m1/s1. The number of azide groups is 1. The van der Waals surface area contributed by atoms with E-state index in [1.807, 2.05) is 0 Å². The molecule has 106 valence electrons. The Hall–Kier alpha value is -1.59. The van der Waals surface area contributed by atoms with Gasteiger partial charge in [0.1, 0.15) is 5.92 Å². The van der Waals surface area contributed by atoms with Crippen LogP contribution in [0.4, 0.5) is 0 Å². The van der Waals surface area contributed by atoms with Gasteiger partial charge in [-0.1, -0.05) is 11.5 Å². The molecule has 7 heteroatoms. The Kier molecular flexibility index (Phi) is 6.32. The predicted octanol–water partition coefficient (Wildman–Crippen LogP) is 1.86. The van der Waals surface area contributed by atoms with Crippen molar-refractivity contribution < 1.29 is 19.1 Å². The summed E-state index contributed by atoms with van der Waals surface area (Å²) in [6.45, 7) is 2.07. The molecule has 0 amide bonds. The summed E-state index contributed by atoms with van der Waals surface area (Å²) < 4.78 is 10.1. The van der Waals surface area contributed by atoms with E-state index in [2.05, 4.69) is 10.0 Å². The first kappa shape index (κ1) is 15.5. The number of esters is 1. The van der Waals surface area contributed by atoms with Crippen molar-refractivity contribution in [1.29, 1.82) is 0 Å². The second-order valence-electron chi connectivity index (χ2n) is 4.43. The summed E-state index contributed by atoms with van der Waals surface area (Å²) in [5.74, 6) is -1.73. The Morgan fingerprint density at radius 3 is 2.89 bits per heavy atom. The lowest BCUT2D eigenvalue weighted by Gasteiger charge is -2.30. The van der Waals surface area contributed by atoms with Crippen LogP contribution in [0.15, 0.2) is 5.11 Å². The Morgan fingerprint density at radius 1 is 1.58 bits per heavy atom. The largest absolute Gasteiger partial charge is 0.465 e. The molecule has 1 fully saturated rings. The molecule has 0 saturated heterocycles. The minimum Gasteiger partial charge on any atom is -0.465 e. The molecule has 1 unspecified atom stereocenters. The molecule has 0 bridgehead atoms. The van der Waals surface area contributed by atoms with Crippen molar-refractivity contribution in [3.05, 3.63) is 10.4 Å². The van der Waals surface area contributed by atoms with Gasteiger partial charge in [-0.25, -0.2) is 0 Å². The third-order valence-electron chi connectivity index (χ3n) is 3.36. The first-order chi connectivity index (χ1) is 9.15. The highest BCUT2D eigenvalue weighted by Gasteiger charge is 2.40. The molecule has 1 aliphatic carbocycles. The van der Waals surface area contributed by atoms with Crippen LogP contribution >= 0.6 is 0 Å². The lowest BCUT2D eigenvalue weighted by molar-refractivity contribution is -0.155. The second-order valence-corrected chi connectivity index (χ2v) is 4.43. The van der Waals surface area contributed by atoms with Gasteiger partial charge < -0.3 is 9.47 Å². The number of hydrogen-bond acceptors (Lipinski definition) is 5. The van der Waals surface area contributed by atoms with Crippen LogP contribution in [0.25, 0.3) is 10.4 Å². The van der Waals surface area contributed by atoms with Crippen LogP contribution in [0.1, 0.15) is 26.2 Å². The van der Waals surface area contributed by atoms with Gasteiger partial charge in [-0.15, -0.1) is 0 Å². The van der Waals surface area contributed by atoms with Gasteiger partial charge in [0.15, 0.2) is 5.78 Å². The number of methoxy groups -OCH3 is 1. The maximum atomic E-state index is 12.3. The number of carbonyl (C=O) groups is 2. The molecule has 19 heavy (non-hydrogen) atoms. The second kappa shape index (κ2) is 7.76. The molecule has 0 aromatic carbocycles. The Bertz CT molecular complexity index is 379. The zero-order valence-electron chi connectivity index (χ0n) is 11.2. The van der Waals surface area contributed by atoms with Gasteiger partial charge in [0.2, 0.25) is 0 Å². The molecule has 0 heterocycles. The van der Waals surface area contributed by atoms with Crippen molar-refractivity contribution in [3.63, 3.8) is 0 Å². The van der Waals surface area contributed by atoms with Gasteiger partial charge in [0, 0.05) is 17.9 Å². The molecule has 7 nitrogen and oxygen atoms in total. The molecule has 0 radical (unpaired) electrons. The summed E-state index contributed by atoms with van der Waals surface area (Å²) in [7, 11) is 1.47. The molecule has 1 aliphatic rings. The quantitative estimate of drug-likeness (QED) is 0.241. The summed E-state index contributed by atoms with van der Waals surface area (Å²) in [5, 5.41) is 3.45. The summed E-state index contributed by atoms with van der Waals surface area (Å²) in [6, 6.07) is 0. The average Bonchev–Trinajstić information content (AvgIpc) is 2.41. The number of nitrogens with zero attached hydrogens (tertiary/aromatic N) is 3. The van der Waals surface area contributed by atoms with Crippen molar-refractivity contribution in [1.82, 2.24) is 0 Å². The van der Waals surface area contributed by atoms with Crippen LogP contribution in [0.3, 0.4) is 0 Å². The van der Waals surface area contributed by atoms with Crippen molar-refractivity contribution in [3.8, 4) is 0 Å². The van der Waals surface area contributed by atoms with Crippen molar-refractivity contribution in [2.45, 2.75) is 32.3 Å². The predicted molar refractivity (Wildman–Crippen MR) is 67.3 cm³/mol. The number of rotatable bonds is 6. The van der Waals surface area contributed by atoms with E-state index >= 15 is 0 Å². The van der Waals surface area contributed by atoms with Crippen LogP contribution < -0.4 is 0 Å². The Labute approximate surface area is 111 Å². The zero-order valence-corrected chi connectivity index (χ0v) is 11.2. The van der Waals surface area contributed by atoms with Gasteiger partial charge in [0.25, 0.3) is 0 Å². The minimum atomic E-state index is -0.706. The van der Waals surface area contributed by atoms with Gasteiger partial charge >= 0.3 is 5.97 Å². The van der Waals surface area contributed by atoms with Crippen LogP contribution in [0, 0.1) is 11.8 Å². The maximum Gasteiger partial charge on any atom is 0.316 e. The lowest BCUT2D eigenvalue weighted by atomic mass is 9.77. The van der Waals surface area contributed by atoms with E-state index in [0.717, 1.165) is 6.42 Å². The highest BCUT2D eigenvalue weighted by molar-refractivity contribution is 6.00. The molecule has 3 atom stereocenters. The monoisotopic (exact) mass is 269 g/mol. The van der Waals surface area contributed by atoms with Crippen molar-refractivity contribution in [2.75, 3.05) is 20.3 Å². The summed E-state index contributed by atoms with van der Waals surface area (Å²) >= 11 is 0. The first-order valence-corrected chi connectivity index (χ1v) is 6.39. The molecular formula is C12H19N3O4. The number of hydrogen-bond donors (Lipinski definition) is 0. The normalized spacial score (nSPS) is 24.4. The van der Waals surface area contributed by atoms with E-state index in [-0.39, 0.29) is 18.9 Å². The number of Topliss-reactive ketones (excluding diaryl/α,β-unsaturated/α-hetero) is 1. The van der Waals surface area contributed by atoms with Gasteiger partial charge in [0.05, 0.1) is 19.3 Å². The van der Waals surface area contributed by atoms with Crippen molar-refractivity contribution >= 4 is 11.8 Å². The smallest absolute Gasteiger partial charge is 0.316 e. The highest BCUT2D eigenvalue weighted by Crippen LogP contribution is 2.30. The molecule has 0 aromatic rings. The van der Waals surface area contributed by atoms with E-state index in [4.69, 9.17) is 15.0 Å². The fraction of sp³-hybridized carbons (Fsp3) is 0.833. The number of ether oxygens (including phenoxy) is 2. The molecular weight excluding hydrogens is 250 g/mol. The summed E-state index contributed by atoms with van der Waals surface area (Å²) in [4.78, 5) is 26.7.